The summed E-state index contributed by atoms with van der Waals surface area (Å²) >= 11 is 0. The molecule has 5 nitrogen and oxygen atoms in total. The number of ether oxygens (including phenoxy) is 2. The molecule has 0 spiro atoms. The molecule has 1 aliphatic heterocycles. The summed E-state index contributed by atoms with van der Waals surface area (Å²) in [4.78, 5) is 11.8. The van der Waals surface area contributed by atoms with Gasteiger partial charge in [-0.1, -0.05) is 18.2 Å². The van der Waals surface area contributed by atoms with Crippen LogP contribution in [-0.4, -0.2) is 38.3 Å². The van der Waals surface area contributed by atoms with Crippen molar-refractivity contribution in [2.24, 2.45) is 0 Å². The number of hydrogen-bond acceptors (Lipinski definition) is 4. The summed E-state index contributed by atoms with van der Waals surface area (Å²) in [5.41, 5.74) is 0.491. The lowest BCUT2D eigenvalue weighted by atomic mass is 10.2. The molecule has 1 aromatic carbocycles. The predicted octanol–water partition coefficient (Wildman–Crippen LogP) is 0.893. The first-order chi connectivity index (χ1) is 9.66. The Kier molecular flexibility index (Phi) is 5.25. The number of carbonyl (C=O) groups is 1. The van der Waals surface area contributed by atoms with Crippen LogP contribution in [-0.2, 0) is 16.1 Å². The average molecular weight is 286 g/mol. The van der Waals surface area contributed by atoms with Gasteiger partial charge in [0.05, 0.1) is 6.61 Å². The van der Waals surface area contributed by atoms with Crippen molar-refractivity contribution in [3.05, 3.63) is 29.8 Å². The minimum atomic E-state index is -2.89. The molecule has 2 N–H and O–H groups in total. The largest absolute Gasteiger partial charge is 0.434 e. The fourth-order valence-corrected chi connectivity index (χ4v) is 1.89. The van der Waals surface area contributed by atoms with Crippen molar-refractivity contribution in [3.8, 4) is 5.75 Å². The molecule has 0 aliphatic carbocycles. The summed E-state index contributed by atoms with van der Waals surface area (Å²) < 4.78 is 34.2. The van der Waals surface area contributed by atoms with Crippen LogP contribution in [0.5, 0.6) is 5.75 Å². The number of carbonyl (C=O) groups excluding carboxylic acids is 1. The van der Waals surface area contributed by atoms with Crippen LogP contribution < -0.4 is 15.4 Å². The van der Waals surface area contributed by atoms with E-state index in [1.165, 1.54) is 6.07 Å². The minimum absolute atomic E-state index is 0.0606. The Morgan fingerprint density at radius 2 is 2.30 bits per heavy atom. The SMILES string of the molecule is O=C(NCc1ccccc1OC(F)F)C1CNCCO1. The van der Waals surface area contributed by atoms with Gasteiger partial charge in [-0.15, -0.1) is 0 Å². The average Bonchev–Trinajstić information content (AvgIpc) is 2.46. The summed E-state index contributed by atoms with van der Waals surface area (Å²) in [6.07, 6.45) is -0.549. The van der Waals surface area contributed by atoms with Gasteiger partial charge in [0.15, 0.2) is 0 Å². The molecule has 20 heavy (non-hydrogen) atoms. The molecule has 1 aromatic rings. The van der Waals surface area contributed by atoms with E-state index in [1.807, 2.05) is 0 Å². The Bertz CT molecular complexity index is 451. The Labute approximate surface area is 115 Å². The quantitative estimate of drug-likeness (QED) is 0.844. The lowest BCUT2D eigenvalue weighted by Crippen LogP contribution is -2.47. The maximum atomic E-state index is 12.3. The summed E-state index contributed by atoms with van der Waals surface area (Å²) in [5, 5.41) is 5.70. The standard InChI is InChI=1S/C13H16F2N2O3/c14-13(15)20-10-4-2-1-3-9(10)7-17-12(18)11-8-16-5-6-19-11/h1-4,11,13,16H,5-8H2,(H,17,18). The first-order valence-electron chi connectivity index (χ1n) is 6.29. The Hall–Kier alpha value is -1.73. The van der Waals surface area contributed by atoms with E-state index < -0.39 is 12.7 Å². The second kappa shape index (κ2) is 7.16. The maximum absolute atomic E-state index is 12.3. The lowest BCUT2D eigenvalue weighted by molar-refractivity contribution is -0.134. The summed E-state index contributed by atoms with van der Waals surface area (Å²) in [6, 6.07) is 6.35. The Morgan fingerprint density at radius 1 is 1.50 bits per heavy atom. The number of amides is 1. The van der Waals surface area contributed by atoms with Crippen LogP contribution in [0.25, 0.3) is 0 Å². The second-order valence-corrected chi connectivity index (χ2v) is 4.27. The molecule has 7 heteroatoms. The summed E-state index contributed by atoms with van der Waals surface area (Å²) in [6.45, 7) is -1.14. The maximum Gasteiger partial charge on any atom is 0.387 e. The first-order valence-corrected chi connectivity index (χ1v) is 6.29. The van der Waals surface area contributed by atoms with Gasteiger partial charge >= 0.3 is 6.61 Å². The van der Waals surface area contributed by atoms with Crippen LogP contribution in [0.2, 0.25) is 0 Å². The van der Waals surface area contributed by atoms with E-state index in [0.717, 1.165) is 6.54 Å². The van der Waals surface area contributed by atoms with E-state index >= 15 is 0 Å². The second-order valence-electron chi connectivity index (χ2n) is 4.27. The van der Waals surface area contributed by atoms with Crippen molar-refractivity contribution in [1.82, 2.24) is 10.6 Å². The van der Waals surface area contributed by atoms with Gasteiger partial charge in [0.1, 0.15) is 11.9 Å². The number of hydrogen-bond donors (Lipinski definition) is 2. The third-order valence-electron chi connectivity index (χ3n) is 2.86. The molecule has 1 unspecified atom stereocenters. The number of para-hydroxylation sites is 1. The van der Waals surface area contributed by atoms with E-state index in [1.54, 1.807) is 18.2 Å². The minimum Gasteiger partial charge on any atom is -0.434 e. The Balaban J connectivity index is 1.91. The molecule has 0 aromatic heterocycles. The van der Waals surface area contributed by atoms with Crippen molar-refractivity contribution in [2.45, 2.75) is 19.3 Å². The molecule has 2 rings (SSSR count). The number of alkyl halides is 2. The van der Waals surface area contributed by atoms with Crippen LogP contribution >= 0.6 is 0 Å². The third kappa shape index (κ3) is 4.14. The summed E-state index contributed by atoms with van der Waals surface area (Å²) in [7, 11) is 0. The molecule has 0 radical (unpaired) electrons. The monoisotopic (exact) mass is 286 g/mol. The molecule has 0 bridgehead atoms. The van der Waals surface area contributed by atoms with Crippen LogP contribution in [0.3, 0.4) is 0 Å². The van der Waals surface area contributed by atoms with Gasteiger partial charge in [0, 0.05) is 25.2 Å². The van der Waals surface area contributed by atoms with Crippen molar-refractivity contribution >= 4 is 5.91 Å². The molecule has 1 fully saturated rings. The molecule has 1 aliphatic rings. The number of nitrogens with one attached hydrogen (secondary N) is 2. The fourth-order valence-electron chi connectivity index (χ4n) is 1.89. The predicted molar refractivity (Wildman–Crippen MR) is 67.5 cm³/mol. The van der Waals surface area contributed by atoms with Crippen molar-refractivity contribution < 1.29 is 23.0 Å². The topological polar surface area (TPSA) is 59.6 Å². The third-order valence-corrected chi connectivity index (χ3v) is 2.86. The highest BCUT2D eigenvalue weighted by Gasteiger charge is 2.21. The molecule has 1 amide bonds. The van der Waals surface area contributed by atoms with Crippen molar-refractivity contribution in [1.29, 1.82) is 0 Å². The van der Waals surface area contributed by atoms with Gasteiger partial charge in [-0.3, -0.25) is 4.79 Å². The molecule has 110 valence electrons. The smallest absolute Gasteiger partial charge is 0.387 e. The molecule has 1 saturated heterocycles. The zero-order valence-corrected chi connectivity index (χ0v) is 10.8. The van der Waals surface area contributed by atoms with Gasteiger partial charge in [-0.2, -0.15) is 8.78 Å². The van der Waals surface area contributed by atoms with Gasteiger partial charge in [0.2, 0.25) is 0 Å². The van der Waals surface area contributed by atoms with E-state index in [2.05, 4.69) is 15.4 Å². The van der Waals surface area contributed by atoms with Crippen molar-refractivity contribution in [2.75, 3.05) is 19.7 Å². The molecular weight excluding hydrogens is 270 g/mol. The van der Waals surface area contributed by atoms with Crippen LogP contribution in [0.15, 0.2) is 24.3 Å². The van der Waals surface area contributed by atoms with Crippen molar-refractivity contribution in [3.63, 3.8) is 0 Å². The van der Waals surface area contributed by atoms with Gasteiger partial charge in [0.25, 0.3) is 5.91 Å². The highest BCUT2D eigenvalue weighted by atomic mass is 19.3. The fraction of sp³-hybridized carbons (Fsp3) is 0.462. The van der Waals surface area contributed by atoms with E-state index in [-0.39, 0.29) is 18.2 Å². The lowest BCUT2D eigenvalue weighted by Gasteiger charge is -2.22. The number of halogens is 2. The van der Waals surface area contributed by atoms with E-state index in [0.29, 0.717) is 18.7 Å². The molecule has 1 atom stereocenters. The zero-order chi connectivity index (χ0) is 14.4. The van der Waals surface area contributed by atoms with E-state index in [4.69, 9.17) is 4.74 Å². The van der Waals surface area contributed by atoms with Gasteiger partial charge in [-0.05, 0) is 6.07 Å². The Morgan fingerprint density at radius 3 is 3.00 bits per heavy atom. The van der Waals surface area contributed by atoms with Crippen LogP contribution in [0, 0.1) is 0 Å². The number of benzene rings is 1. The van der Waals surface area contributed by atoms with Gasteiger partial charge < -0.3 is 20.1 Å². The zero-order valence-electron chi connectivity index (χ0n) is 10.8. The molecule has 1 heterocycles. The molecule has 0 saturated carbocycles. The highest BCUT2D eigenvalue weighted by molar-refractivity contribution is 5.81. The van der Waals surface area contributed by atoms with Crippen LogP contribution in [0.1, 0.15) is 5.56 Å². The number of morpholine rings is 1. The normalized spacial score (nSPS) is 18.9. The summed E-state index contributed by atoms with van der Waals surface area (Å²) in [5.74, 6) is -0.213. The van der Waals surface area contributed by atoms with E-state index in [9.17, 15) is 13.6 Å². The van der Waals surface area contributed by atoms with Crippen LogP contribution in [0.4, 0.5) is 8.78 Å². The highest BCUT2D eigenvalue weighted by Crippen LogP contribution is 2.19. The van der Waals surface area contributed by atoms with Gasteiger partial charge in [-0.25, -0.2) is 0 Å². The number of rotatable bonds is 5. The first kappa shape index (κ1) is 14.7. The molecular formula is C13H16F2N2O3.